The van der Waals surface area contributed by atoms with Gasteiger partial charge in [0, 0.05) is 11.8 Å². The van der Waals surface area contributed by atoms with E-state index < -0.39 is 0 Å². The van der Waals surface area contributed by atoms with Crippen LogP contribution in [-0.2, 0) is 0 Å². The van der Waals surface area contributed by atoms with Crippen LogP contribution in [0, 0.1) is 11.8 Å². The normalized spacial score (nSPS) is 10.2. The molecule has 150 valence electrons. The first-order chi connectivity index (χ1) is 14.2. The van der Waals surface area contributed by atoms with Gasteiger partial charge in [0.2, 0.25) is 5.75 Å². The van der Waals surface area contributed by atoms with Gasteiger partial charge in [-0.1, -0.05) is 30.0 Å². The molecule has 0 fully saturated rings. The van der Waals surface area contributed by atoms with Gasteiger partial charge in [-0.15, -0.1) is 0 Å². The Hall–Kier alpha value is -3.36. The Morgan fingerprint density at radius 1 is 0.793 bits per heavy atom. The number of methoxy groups -OCH3 is 4. The summed E-state index contributed by atoms with van der Waals surface area (Å²) < 4.78 is 22.0. The summed E-state index contributed by atoms with van der Waals surface area (Å²) in [5.74, 6) is 8.58. The second-order valence-corrected chi connectivity index (χ2v) is 6.23. The standard InChI is InChI=1S/C24H24O5/c1-26-21-12-11-19-17(9-7-10-18(19)20(21)8-5-6-13-25)16-14-22(27-2)24(29-4)23(15-16)28-3/h7,9-12,14-15,25H,6,13H2,1-4H3. The van der Waals surface area contributed by atoms with E-state index in [4.69, 9.17) is 24.1 Å². The van der Waals surface area contributed by atoms with Crippen molar-refractivity contribution in [1.29, 1.82) is 0 Å². The summed E-state index contributed by atoms with van der Waals surface area (Å²) in [7, 11) is 6.41. The van der Waals surface area contributed by atoms with E-state index in [1.807, 2.05) is 42.5 Å². The molecule has 0 aliphatic carbocycles. The smallest absolute Gasteiger partial charge is 0.203 e. The molecule has 3 aromatic rings. The summed E-state index contributed by atoms with van der Waals surface area (Å²) in [5.41, 5.74) is 2.74. The molecule has 0 saturated carbocycles. The van der Waals surface area contributed by atoms with E-state index in [1.54, 1.807) is 28.4 Å². The van der Waals surface area contributed by atoms with Gasteiger partial charge in [-0.25, -0.2) is 0 Å². The lowest BCUT2D eigenvalue weighted by Gasteiger charge is -2.16. The third-order valence-corrected chi connectivity index (χ3v) is 4.67. The first-order valence-electron chi connectivity index (χ1n) is 9.18. The first kappa shape index (κ1) is 20.4. The third-order valence-electron chi connectivity index (χ3n) is 4.67. The maximum atomic E-state index is 9.05. The molecule has 0 spiro atoms. The number of rotatable bonds is 6. The zero-order valence-electron chi connectivity index (χ0n) is 17.0. The molecule has 0 unspecified atom stereocenters. The number of aliphatic hydroxyl groups excluding tert-OH is 1. The van der Waals surface area contributed by atoms with Crippen molar-refractivity contribution in [3.63, 3.8) is 0 Å². The highest BCUT2D eigenvalue weighted by Gasteiger charge is 2.16. The Bertz CT molecular complexity index is 1050. The Balaban J connectivity index is 2.27. The van der Waals surface area contributed by atoms with Crippen LogP contribution in [0.2, 0.25) is 0 Å². The summed E-state index contributed by atoms with van der Waals surface area (Å²) in [5, 5.41) is 11.0. The van der Waals surface area contributed by atoms with Gasteiger partial charge in [-0.05, 0) is 40.8 Å². The average molecular weight is 392 g/mol. The molecule has 29 heavy (non-hydrogen) atoms. The predicted octanol–water partition coefficient (Wildman–Crippen LogP) is 4.28. The van der Waals surface area contributed by atoms with Crippen molar-refractivity contribution in [2.24, 2.45) is 0 Å². The van der Waals surface area contributed by atoms with Crippen molar-refractivity contribution in [3.8, 4) is 46.0 Å². The number of hydrogen-bond donors (Lipinski definition) is 1. The molecule has 0 bridgehead atoms. The van der Waals surface area contributed by atoms with E-state index in [-0.39, 0.29) is 6.61 Å². The second-order valence-electron chi connectivity index (χ2n) is 6.23. The Labute approximate surface area is 170 Å². The minimum Gasteiger partial charge on any atom is -0.495 e. The molecule has 3 rings (SSSR count). The number of ether oxygens (including phenoxy) is 4. The number of benzene rings is 3. The molecule has 0 aromatic heterocycles. The molecule has 0 aliphatic rings. The summed E-state index contributed by atoms with van der Waals surface area (Å²) in [6, 6.07) is 13.8. The predicted molar refractivity (Wildman–Crippen MR) is 114 cm³/mol. The second kappa shape index (κ2) is 9.22. The maximum Gasteiger partial charge on any atom is 0.203 e. The number of hydrogen-bond acceptors (Lipinski definition) is 5. The fourth-order valence-corrected chi connectivity index (χ4v) is 3.33. The Morgan fingerprint density at radius 2 is 1.48 bits per heavy atom. The van der Waals surface area contributed by atoms with Crippen molar-refractivity contribution in [2.75, 3.05) is 35.0 Å². The van der Waals surface area contributed by atoms with Gasteiger partial charge in [-0.3, -0.25) is 0 Å². The molecule has 0 heterocycles. The lowest BCUT2D eigenvalue weighted by Crippen LogP contribution is -1.96. The summed E-state index contributed by atoms with van der Waals surface area (Å²) in [6.45, 7) is 0.0246. The van der Waals surface area contributed by atoms with E-state index >= 15 is 0 Å². The zero-order chi connectivity index (χ0) is 20.8. The van der Waals surface area contributed by atoms with Gasteiger partial charge in [0.1, 0.15) is 5.75 Å². The molecule has 0 saturated heterocycles. The van der Waals surface area contributed by atoms with Crippen LogP contribution in [0.15, 0.2) is 42.5 Å². The van der Waals surface area contributed by atoms with Gasteiger partial charge in [-0.2, -0.15) is 0 Å². The zero-order valence-corrected chi connectivity index (χ0v) is 17.0. The largest absolute Gasteiger partial charge is 0.495 e. The van der Waals surface area contributed by atoms with Crippen molar-refractivity contribution in [2.45, 2.75) is 6.42 Å². The van der Waals surface area contributed by atoms with Gasteiger partial charge in [0.25, 0.3) is 0 Å². The van der Waals surface area contributed by atoms with Crippen molar-refractivity contribution in [3.05, 3.63) is 48.0 Å². The van der Waals surface area contributed by atoms with Crippen LogP contribution >= 0.6 is 0 Å². The molecule has 0 radical (unpaired) electrons. The summed E-state index contributed by atoms with van der Waals surface area (Å²) in [6.07, 6.45) is 0.409. The van der Waals surface area contributed by atoms with Crippen molar-refractivity contribution >= 4 is 10.8 Å². The Kier molecular flexibility index (Phi) is 6.48. The van der Waals surface area contributed by atoms with E-state index in [1.165, 1.54) is 0 Å². The van der Waals surface area contributed by atoms with Crippen LogP contribution in [0.4, 0.5) is 0 Å². The summed E-state index contributed by atoms with van der Waals surface area (Å²) >= 11 is 0. The first-order valence-corrected chi connectivity index (χ1v) is 9.18. The number of fused-ring (bicyclic) bond motifs is 1. The molecule has 0 atom stereocenters. The van der Waals surface area contributed by atoms with Crippen LogP contribution in [0.5, 0.6) is 23.0 Å². The van der Waals surface area contributed by atoms with Crippen molar-refractivity contribution < 1.29 is 24.1 Å². The van der Waals surface area contributed by atoms with Crippen LogP contribution in [0.3, 0.4) is 0 Å². The monoisotopic (exact) mass is 392 g/mol. The molecule has 5 nitrogen and oxygen atoms in total. The molecular formula is C24H24O5. The Morgan fingerprint density at radius 3 is 2.07 bits per heavy atom. The third kappa shape index (κ3) is 3.94. The lowest BCUT2D eigenvalue weighted by molar-refractivity contribution is 0.305. The lowest BCUT2D eigenvalue weighted by atomic mass is 9.94. The SMILES string of the molecule is COc1cc(-c2cccc3c(C#CCCO)c(OC)ccc23)cc(OC)c1OC. The van der Waals surface area contributed by atoms with E-state index in [0.717, 1.165) is 27.5 Å². The highest BCUT2D eigenvalue weighted by atomic mass is 16.5. The van der Waals surface area contributed by atoms with Gasteiger partial charge >= 0.3 is 0 Å². The molecule has 0 amide bonds. The molecule has 5 heteroatoms. The van der Waals surface area contributed by atoms with Gasteiger partial charge in [0.15, 0.2) is 11.5 Å². The quantitative estimate of drug-likeness (QED) is 0.635. The van der Waals surface area contributed by atoms with Crippen LogP contribution in [0.1, 0.15) is 12.0 Å². The van der Waals surface area contributed by atoms with Crippen LogP contribution < -0.4 is 18.9 Å². The minimum absolute atomic E-state index is 0.0246. The fourth-order valence-electron chi connectivity index (χ4n) is 3.33. The summed E-state index contributed by atoms with van der Waals surface area (Å²) in [4.78, 5) is 0. The minimum atomic E-state index is 0.0246. The van der Waals surface area contributed by atoms with Crippen LogP contribution in [-0.4, -0.2) is 40.2 Å². The number of aliphatic hydroxyl groups is 1. The van der Waals surface area contributed by atoms with Gasteiger partial charge in [0.05, 0.1) is 40.6 Å². The van der Waals surface area contributed by atoms with E-state index in [0.29, 0.717) is 29.4 Å². The van der Waals surface area contributed by atoms with Gasteiger partial charge < -0.3 is 24.1 Å². The molecular weight excluding hydrogens is 368 g/mol. The fraction of sp³-hybridized carbons (Fsp3) is 0.250. The molecule has 1 N–H and O–H groups in total. The topological polar surface area (TPSA) is 57.2 Å². The maximum absolute atomic E-state index is 9.05. The molecule has 0 aliphatic heterocycles. The van der Waals surface area contributed by atoms with E-state index in [9.17, 15) is 0 Å². The highest BCUT2D eigenvalue weighted by molar-refractivity contribution is 6.01. The van der Waals surface area contributed by atoms with Crippen molar-refractivity contribution in [1.82, 2.24) is 0 Å². The van der Waals surface area contributed by atoms with Crippen LogP contribution in [0.25, 0.3) is 21.9 Å². The average Bonchev–Trinajstić information content (AvgIpc) is 2.77. The van der Waals surface area contributed by atoms with E-state index in [2.05, 4.69) is 11.8 Å². The molecule has 3 aromatic carbocycles. The highest BCUT2D eigenvalue weighted by Crippen LogP contribution is 2.43.